The molecular weight excluding hydrogens is 162 g/mol. The van der Waals surface area contributed by atoms with Crippen LogP contribution >= 0.6 is 11.8 Å². The van der Waals surface area contributed by atoms with Crippen molar-refractivity contribution in [1.82, 2.24) is 5.32 Å². The molecule has 3 nitrogen and oxygen atoms in total. The number of carbonyl (C=O) groups is 2. The lowest BCUT2D eigenvalue weighted by atomic mass is 10.1. The van der Waals surface area contributed by atoms with E-state index >= 15 is 0 Å². The van der Waals surface area contributed by atoms with Gasteiger partial charge in [-0.1, -0.05) is 13.8 Å². The highest BCUT2D eigenvalue weighted by atomic mass is 32.2. The molecule has 1 aliphatic rings. The first kappa shape index (κ1) is 8.59. The van der Waals surface area contributed by atoms with Gasteiger partial charge in [0.1, 0.15) is 0 Å². The Morgan fingerprint density at radius 2 is 2.18 bits per heavy atom. The molecule has 1 saturated heterocycles. The fraction of sp³-hybridized carbons (Fsp3) is 0.714. The maximum atomic E-state index is 11.1. The molecule has 11 heavy (non-hydrogen) atoms. The Hall–Kier alpha value is -0.510. The van der Waals surface area contributed by atoms with Gasteiger partial charge in [-0.25, -0.2) is 0 Å². The molecule has 1 atom stereocenters. The molecule has 0 bridgehead atoms. The van der Waals surface area contributed by atoms with E-state index in [-0.39, 0.29) is 17.1 Å². The smallest absolute Gasteiger partial charge is 0.239 e. The zero-order chi connectivity index (χ0) is 8.43. The number of carbonyl (C=O) groups excluding carboxylic acids is 2. The molecule has 62 valence electrons. The molecule has 0 spiro atoms. The van der Waals surface area contributed by atoms with Crippen LogP contribution in [0.25, 0.3) is 0 Å². The van der Waals surface area contributed by atoms with Crippen LogP contribution in [0.15, 0.2) is 0 Å². The van der Waals surface area contributed by atoms with Crippen molar-refractivity contribution in [2.75, 3.05) is 5.75 Å². The van der Waals surface area contributed by atoms with Gasteiger partial charge in [0.25, 0.3) is 0 Å². The minimum Gasteiger partial charge on any atom is -0.295 e. The monoisotopic (exact) mass is 173 g/mol. The van der Waals surface area contributed by atoms with E-state index in [0.717, 1.165) is 0 Å². The summed E-state index contributed by atoms with van der Waals surface area (Å²) in [6, 6.07) is 0. The van der Waals surface area contributed by atoms with Crippen molar-refractivity contribution in [1.29, 1.82) is 0 Å². The first-order valence-electron chi connectivity index (χ1n) is 3.56. The molecule has 1 rings (SSSR count). The summed E-state index contributed by atoms with van der Waals surface area (Å²) in [5.41, 5.74) is 0. The highest BCUT2D eigenvalue weighted by Crippen LogP contribution is 2.22. The standard InChI is InChI=1S/C7H11NO2S/c1-4(2)6-7(10)8-5(9)3-11-6/h4,6H,3H2,1-2H3,(H,8,9,10)/t6-/m1/s1. The van der Waals surface area contributed by atoms with Crippen LogP contribution in [0.4, 0.5) is 0 Å². The van der Waals surface area contributed by atoms with E-state index in [4.69, 9.17) is 0 Å². The van der Waals surface area contributed by atoms with Crippen LogP contribution in [-0.2, 0) is 9.59 Å². The SMILES string of the molecule is CC(C)[C@H]1SCC(=O)NC1=O. The van der Waals surface area contributed by atoms with Crippen LogP contribution in [0.5, 0.6) is 0 Å². The topological polar surface area (TPSA) is 46.2 Å². The highest BCUT2D eigenvalue weighted by molar-refractivity contribution is 8.01. The first-order chi connectivity index (χ1) is 5.11. The number of rotatable bonds is 1. The Kier molecular flexibility index (Phi) is 2.54. The molecule has 4 heteroatoms. The normalized spacial score (nSPS) is 25.5. The van der Waals surface area contributed by atoms with E-state index in [2.05, 4.69) is 5.32 Å². The molecule has 0 radical (unpaired) electrons. The Morgan fingerprint density at radius 3 is 2.64 bits per heavy atom. The van der Waals surface area contributed by atoms with Gasteiger partial charge < -0.3 is 0 Å². The zero-order valence-corrected chi connectivity index (χ0v) is 7.40. The maximum Gasteiger partial charge on any atom is 0.239 e. The second-order valence-corrected chi connectivity index (χ2v) is 4.02. The van der Waals surface area contributed by atoms with E-state index in [1.54, 1.807) is 0 Å². The zero-order valence-electron chi connectivity index (χ0n) is 6.59. The molecule has 0 aromatic rings. The third-order valence-corrected chi connectivity index (χ3v) is 3.07. The van der Waals surface area contributed by atoms with Crippen LogP contribution in [0.2, 0.25) is 0 Å². The van der Waals surface area contributed by atoms with Gasteiger partial charge in [0.2, 0.25) is 11.8 Å². The summed E-state index contributed by atoms with van der Waals surface area (Å²) in [5, 5.41) is 2.26. The second-order valence-electron chi connectivity index (χ2n) is 2.89. The molecule has 0 unspecified atom stereocenters. The predicted octanol–water partition coefficient (Wildman–Crippen LogP) is 0.401. The fourth-order valence-corrected chi connectivity index (χ4v) is 1.98. The predicted molar refractivity (Wildman–Crippen MR) is 44.2 cm³/mol. The molecule has 0 aromatic carbocycles. The Bertz CT molecular complexity index is 191. The fourth-order valence-electron chi connectivity index (χ4n) is 0.981. The van der Waals surface area contributed by atoms with Crippen molar-refractivity contribution in [2.24, 2.45) is 5.92 Å². The van der Waals surface area contributed by atoms with Crippen molar-refractivity contribution in [2.45, 2.75) is 19.1 Å². The summed E-state index contributed by atoms with van der Waals surface area (Å²) in [4.78, 5) is 21.8. The number of amides is 2. The highest BCUT2D eigenvalue weighted by Gasteiger charge is 2.29. The summed E-state index contributed by atoms with van der Waals surface area (Å²) < 4.78 is 0. The molecule has 1 N–H and O–H groups in total. The molecule has 0 aliphatic carbocycles. The molecule has 1 fully saturated rings. The quantitative estimate of drug-likeness (QED) is 0.584. The lowest BCUT2D eigenvalue weighted by molar-refractivity contribution is -0.129. The Balaban J connectivity index is 2.57. The molecule has 1 aliphatic heterocycles. The number of imide groups is 1. The molecule has 2 amide bonds. The summed E-state index contributed by atoms with van der Waals surface area (Å²) in [6.45, 7) is 3.96. The van der Waals surface area contributed by atoms with E-state index in [1.165, 1.54) is 11.8 Å². The van der Waals surface area contributed by atoms with Crippen LogP contribution in [0.3, 0.4) is 0 Å². The maximum absolute atomic E-state index is 11.1. The van der Waals surface area contributed by atoms with E-state index in [0.29, 0.717) is 11.7 Å². The number of thioether (sulfide) groups is 1. The van der Waals surface area contributed by atoms with Crippen molar-refractivity contribution in [3.63, 3.8) is 0 Å². The van der Waals surface area contributed by atoms with E-state index < -0.39 is 0 Å². The number of hydrogen-bond acceptors (Lipinski definition) is 3. The van der Waals surface area contributed by atoms with Gasteiger partial charge in [-0.05, 0) is 5.92 Å². The minimum absolute atomic E-state index is 0.0484. The lowest BCUT2D eigenvalue weighted by Gasteiger charge is -2.22. The average molecular weight is 173 g/mol. The van der Waals surface area contributed by atoms with Crippen molar-refractivity contribution >= 4 is 23.6 Å². The third kappa shape index (κ3) is 1.96. The van der Waals surface area contributed by atoms with Crippen molar-refractivity contribution in [3.05, 3.63) is 0 Å². The summed E-state index contributed by atoms with van der Waals surface area (Å²) in [6.07, 6.45) is 0. The van der Waals surface area contributed by atoms with Crippen LogP contribution in [0, 0.1) is 5.92 Å². The molecule has 1 heterocycles. The average Bonchev–Trinajstić information content (AvgIpc) is 1.85. The van der Waals surface area contributed by atoms with Gasteiger partial charge in [0.15, 0.2) is 0 Å². The Morgan fingerprint density at radius 1 is 1.55 bits per heavy atom. The molecule has 0 saturated carbocycles. The summed E-state index contributed by atoms with van der Waals surface area (Å²) in [7, 11) is 0. The minimum atomic E-state index is -0.170. The van der Waals surface area contributed by atoms with Crippen LogP contribution in [0.1, 0.15) is 13.8 Å². The van der Waals surface area contributed by atoms with Gasteiger partial charge >= 0.3 is 0 Å². The van der Waals surface area contributed by atoms with Gasteiger partial charge in [-0.2, -0.15) is 0 Å². The number of nitrogens with one attached hydrogen (secondary N) is 1. The second kappa shape index (κ2) is 3.26. The van der Waals surface area contributed by atoms with Gasteiger partial charge in [0.05, 0.1) is 11.0 Å². The molecule has 0 aromatic heterocycles. The van der Waals surface area contributed by atoms with Crippen LogP contribution in [-0.4, -0.2) is 22.8 Å². The lowest BCUT2D eigenvalue weighted by Crippen LogP contribution is -2.45. The van der Waals surface area contributed by atoms with Gasteiger partial charge in [-0.15, -0.1) is 11.8 Å². The first-order valence-corrected chi connectivity index (χ1v) is 4.61. The third-order valence-electron chi connectivity index (χ3n) is 1.52. The van der Waals surface area contributed by atoms with Gasteiger partial charge in [0, 0.05) is 0 Å². The molecular formula is C7H11NO2S. The van der Waals surface area contributed by atoms with Crippen LogP contribution < -0.4 is 5.32 Å². The van der Waals surface area contributed by atoms with E-state index in [1.807, 2.05) is 13.8 Å². The Labute approximate surface area is 69.9 Å². The number of hydrogen-bond donors (Lipinski definition) is 1. The van der Waals surface area contributed by atoms with Crippen molar-refractivity contribution in [3.8, 4) is 0 Å². The van der Waals surface area contributed by atoms with Gasteiger partial charge in [-0.3, -0.25) is 14.9 Å². The largest absolute Gasteiger partial charge is 0.295 e. The summed E-state index contributed by atoms with van der Waals surface area (Å²) >= 11 is 1.43. The van der Waals surface area contributed by atoms with E-state index in [9.17, 15) is 9.59 Å². The van der Waals surface area contributed by atoms with Crippen molar-refractivity contribution < 1.29 is 9.59 Å². The summed E-state index contributed by atoms with van der Waals surface area (Å²) in [5.74, 6) is 0.403.